The Hall–Kier alpha value is -1.06. The van der Waals surface area contributed by atoms with Crippen molar-refractivity contribution < 1.29 is 17.6 Å². The van der Waals surface area contributed by atoms with Crippen LogP contribution in [0.3, 0.4) is 0 Å². The lowest BCUT2D eigenvalue weighted by Gasteiger charge is -2.31. The van der Waals surface area contributed by atoms with Crippen LogP contribution >= 0.6 is 0 Å². The van der Waals surface area contributed by atoms with Crippen LogP contribution in [0.4, 0.5) is 17.6 Å². The molecule has 122 valence electrons. The topological polar surface area (TPSA) is 0 Å². The van der Waals surface area contributed by atoms with Crippen LogP contribution in [-0.4, -0.2) is 0 Å². The number of hydrogen-bond donors (Lipinski definition) is 0. The Morgan fingerprint density at radius 3 is 2.41 bits per heavy atom. The van der Waals surface area contributed by atoms with E-state index in [9.17, 15) is 17.6 Å². The fraction of sp³-hybridized carbons (Fsp3) is 0.667. The minimum atomic E-state index is -3.24. The van der Waals surface area contributed by atoms with Gasteiger partial charge in [-0.05, 0) is 42.7 Å². The van der Waals surface area contributed by atoms with Crippen molar-refractivity contribution in [3.05, 3.63) is 34.4 Å². The van der Waals surface area contributed by atoms with Crippen LogP contribution in [0.2, 0.25) is 0 Å². The summed E-state index contributed by atoms with van der Waals surface area (Å²) in [5, 5.41) is 0. The Morgan fingerprint density at radius 1 is 1.09 bits per heavy atom. The molecule has 3 rings (SSSR count). The van der Waals surface area contributed by atoms with E-state index in [1.165, 1.54) is 6.07 Å². The van der Waals surface area contributed by atoms with Crippen LogP contribution in [0, 0.1) is 23.5 Å². The number of aryl methyl sites for hydroxylation is 1. The molecule has 0 heterocycles. The zero-order valence-electron chi connectivity index (χ0n) is 12.9. The van der Waals surface area contributed by atoms with Crippen molar-refractivity contribution >= 4 is 0 Å². The van der Waals surface area contributed by atoms with Gasteiger partial charge < -0.3 is 0 Å². The van der Waals surface area contributed by atoms with Crippen molar-refractivity contribution in [2.45, 2.75) is 64.2 Å². The molecule has 0 N–H and O–H groups in total. The highest BCUT2D eigenvalue weighted by Crippen LogP contribution is 2.53. The van der Waals surface area contributed by atoms with Gasteiger partial charge >= 0.3 is 0 Å². The van der Waals surface area contributed by atoms with E-state index in [0.29, 0.717) is 18.4 Å². The molecule has 1 atom stereocenters. The average Bonchev–Trinajstić information content (AvgIpc) is 2.76. The van der Waals surface area contributed by atoms with Gasteiger partial charge in [-0.1, -0.05) is 38.7 Å². The van der Waals surface area contributed by atoms with Gasteiger partial charge in [-0.2, -0.15) is 0 Å². The summed E-state index contributed by atoms with van der Waals surface area (Å²) in [7, 11) is 0. The molecular weight excluding hydrogens is 292 g/mol. The number of benzene rings is 1. The lowest BCUT2D eigenvalue weighted by molar-refractivity contribution is -0.0822. The van der Waals surface area contributed by atoms with Gasteiger partial charge in [-0.25, -0.2) is 17.6 Å². The molecule has 2 aliphatic rings. The lowest BCUT2D eigenvalue weighted by atomic mass is 9.77. The number of fused-ring (bicyclic) bond motifs is 1. The van der Waals surface area contributed by atoms with Gasteiger partial charge in [0.2, 0.25) is 0 Å². The molecule has 1 unspecified atom stereocenters. The van der Waals surface area contributed by atoms with Crippen LogP contribution in [0.15, 0.2) is 6.07 Å². The average molecular weight is 314 g/mol. The molecule has 0 radical (unpaired) electrons. The second kappa shape index (κ2) is 5.86. The Balaban J connectivity index is 1.99. The third-order valence-corrected chi connectivity index (χ3v) is 5.34. The third-order valence-electron chi connectivity index (χ3n) is 5.34. The standard InChI is InChI=1S/C18H22F4/c1-2-6-12-9-13-10-14(11-7-4-3-5-8-11)18(21,22)15(13)17(20)16(12)19/h9,11,14H,2-8,10H2,1H3. The lowest BCUT2D eigenvalue weighted by Crippen LogP contribution is -2.30. The Kier molecular flexibility index (Phi) is 4.21. The van der Waals surface area contributed by atoms with Gasteiger partial charge in [0.1, 0.15) is 0 Å². The molecule has 0 aromatic heterocycles. The summed E-state index contributed by atoms with van der Waals surface area (Å²) in [6.45, 7) is 1.87. The summed E-state index contributed by atoms with van der Waals surface area (Å²) >= 11 is 0. The van der Waals surface area contributed by atoms with Crippen molar-refractivity contribution in [2.75, 3.05) is 0 Å². The van der Waals surface area contributed by atoms with Gasteiger partial charge in [-0.15, -0.1) is 0 Å². The summed E-state index contributed by atoms with van der Waals surface area (Å²) in [5.74, 6) is -6.58. The molecule has 0 aliphatic heterocycles. The van der Waals surface area contributed by atoms with Crippen molar-refractivity contribution in [3.63, 3.8) is 0 Å². The van der Waals surface area contributed by atoms with E-state index in [2.05, 4.69) is 0 Å². The van der Waals surface area contributed by atoms with E-state index in [1.807, 2.05) is 6.92 Å². The maximum atomic E-state index is 14.7. The fourth-order valence-corrected chi connectivity index (χ4v) is 4.26. The number of alkyl halides is 2. The molecule has 1 aromatic carbocycles. The Morgan fingerprint density at radius 2 is 1.77 bits per heavy atom. The Bertz CT molecular complexity index is 559. The van der Waals surface area contributed by atoms with E-state index in [0.717, 1.165) is 32.1 Å². The van der Waals surface area contributed by atoms with Crippen LogP contribution in [-0.2, 0) is 18.8 Å². The molecule has 0 nitrogen and oxygen atoms in total. The Labute approximate surface area is 128 Å². The van der Waals surface area contributed by atoms with Gasteiger partial charge in [0.05, 0.1) is 5.56 Å². The molecule has 1 aromatic rings. The first-order valence-electron chi connectivity index (χ1n) is 8.34. The molecule has 22 heavy (non-hydrogen) atoms. The SMILES string of the molecule is CCCc1cc2c(c(F)c1F)C(F)(F)C(C1CCCCC1)C2. The number of rotatable bonds is 3. The summed E-state index contributed by atoms with van der Waals surface area (Å²) in [6.07, 6.45) is 5.80. The molecule has 0 bridgehead atoms. The highest BCUT2D eigenvalue weighted by atomic mass is 19.3. The second-order valence-electron chi connectivity index (χ2n) is 6.78. The molecule has 0 saturated heterocycles. The normalized spacial score (nSPS) is 24.5. The zero-order chi connectivity index (χ0) is 15.9. The number of halogens is 4. The van der Waals surface area contributed by atoms with Crippen LogP contribution in [0.1, 0.15) is 62.1 Å². The largest absolute Gasteiger partial charge is 0.279 e. The maximum absolute atomic E-state index is 14.7. The third kappa shape index (κ3) is 2.44. The smallest absolute Gasteiger partial charge is 0.203 e. The van der Waals surface area contributed by atoms with E-state index < -0.39 is 29.0 Å². The summed E-state index contributed by atoms with van der Waals surface area (Å²) in [5.41, 5.74) is -0.109. The van der Waals surface area contributed by atoms with E-state index in [-0.39, 0.29) is 17.9 Å². The molecule has 0 amide bonds. The van der Waals surface area contributed by atoms with Gasteiger partial charge in [0.15, 0.2) is 11.6 Å². The van der Waals surface area contributed by atoms with Gasteiger partial charge in [-0.3, -0.25) is 0 Å². The fourth-order valence-electron chi connectivity index (χ4n) is 4.26. The zero-order valence-corrected chi connectivity index (χ0v) is 12.9. The first kappa shape index (κ1) is 15.8. The number of hydrogen-bond acceptors (Lipinski definition) is 0. The summed E-state index contributed by atoms with van der Waals surface area (Å²) in [6, 6.07) is 1.48. The van der Waals surface area contributed by atoms with E-state index in [4.69, 9.17) is 0 Å². The van der Waals surface area contributed by atoms with Crippen LogP contribution in [0.5, 0.6) is 0 Å². The molecule has 4 heteroatoms. The van der Waals surface area contributed by atoms with Gasteiger partial charge in [0, 0.05) is 5.92 Å². The minimum absolute atomic E-state index is 0.0757. The first-order valence-corrected chi connectivity index (χ1v) is 8.34. The van der Waals surface area contributed by atoms with Crippen LogP contribution < -0.4 is 0 Å². The minimum Gasteiger partial charge on any atom is -0.203 e. The molecule has 2 aliphatic carbocycles. The molecule has 0 spiro atoms. The predicted octanol–water partition coefficient (Wildman–Crippen LogP) is 5.76. The summed E-state index contributed by atoms with van der Waals surface area (Å²) in [4.78, 5) is 0. The van der Waals surface area contributed by atoms with Crippen molar-refractivity contribution in [1.82, 2.24) is 0 Å². The van der Waals surface area contributed by atoms with Crippen molar-refractivity contribution in [1.29, 1.82) is 0 Å². The second-order valence-corrected chi connectivity index (χ2v) is 6.78. The van der Waals surface area contributed by atoms with Crippen molar-refractivity contribution in [2.24, 2.45) is 11.8 Å². The highest BCUT2D eigenvalue weighted by Gasteiger charge is 2.53. The van der Waals surface area contributed by atoms with Gasteiger partial charge in [0.25, 0.3) is 5.92 Å². The summed E-state index contributed by atoms with van der Waals surface area (Å²) < 4.78 is 57.8. The quantitative estimate of drug-likeness (QED) is 0.622. The van der Waals surface area contributed by atoms with E-state index in [1.54, 1.807) is 0 Å². The molecule has 1 fully saturated rings. The van der Waals surface area contributed by atoms with Crippen LogP contribution in [0.25, 0.3) is 0 Å². The monoisotopic (exact) mass is 314 g/mol. The molecular formula is C18H22F4. The predicted molar refractivity (Wildman–Crippen MR) is 78.0 cm³/mol. The maximum Gasteiger partial charge on any atom is 0.279 e. The van der Waals surface area contributed by atoms with E-state index >= 15 is 0 Å². The molecule has 1 saturated carbocycles. The first-order chi connectivity index (χ1) is 10.5. The highest BCUT2D eigenvalue weighted by molar-refractivity contribution is 5.42. The van der Waals surface area contributed by atoms with Crippen molar-refractivity contribution in [3.8, 4) is 0 Å².